The highest BCUT2D eigenvalue weighted by molar-refractivity contribution is 6.04. The average molecular weight is 353 g/mol. The van der Waals surface area contributed by atoms with E-state index in [1.165, 1.54) is 31.4 Å². The summed E-state index contributed by atoms with van der Waals surface area (Å²) in [6.45, 7) is 1.83. The van der Waals surface area contributed by atoms with Gasteiger partial charge in [-0.25, -0.2) is 4.39 Å². The summed E-state index contributed by atoms with van der Waals surface area (Å²) >= 11 is 0. The van der Waals surface area contributed by atoms with Gasteiger partial charge < -0.3 is 10.1 Å². The zero-order chi connectivity index (χ0) is 18.7. The Morgan fingerprint density at radius 3 is 2.54 bits per heavy atom. The van der Waals surface area contributed by atoms with Crippen LogP contribution in [0.15, 0.2) is 59.4 Å². The van der Waals surface area contributed by atoms with Crippen LogP contribution >= 0.6 is 0 Å². The van der Waals surface area contributed by atoms with E-state index in [-0.39, 0.29) is 17.1 Å². The largest absolute Gasteiger partial charge is 0.494 e. The topological polar surface area (TPSA) is 73.2 Å². The van der Waals surface area contributed by atoms with Crippen molar-refractivity contribution in [3.63, 3.8) is 0 Å². The summed E-state index contributed by atoms with van der Waals surface area (Å²) < 4.78 is 20.0. The van der Waals surface area contributed by atoms with E-state index in [9.17, 15) is 14.0 Å². The molecule has 0 saturated carbocycles. The maximum absolute atomic E-state index is 13.8. The van der Waals surface area contributed by atoms with Crippen LogP contribution in [0.3, 0.4) is 0 Å². The molecule has 1 heterocycles. The Labute approximate surface area is 148 Å². The molecule has 1 aromatic heterocycles. The molecule has 0 bridgehead atoms. The summed E-state index contributed by atoms with van der Waals surface area (Å²) in [5.74, 6) is -1.25. The Morgan fingerprint density at radius 2 is 1.85 bits per heavy atom. The first-order chi connectivity index (χ1) is 12.5. The second-order valence-electron chi connectivity index (χ2n) is 5.53. The van der Waals surface area contributed by atoms with Gasteiger partial charge in [0, 0.05) is 0 Å². The van der Waals surface area contributed by atoms with Gasteiger partial charge in [-0.1, -0.05) is 30.3 Å². The van der Waals surface area contributed by atoms with Crippen LogP contribution in [0.5, 0.6) is 5.75 Å². The number of hydrogen-bond acceptors (Lipinski definition) is 4. The number of anilines is 1. The monoisotopic (exact) mass is 353 g/mol. The molecule has 1 N–H and O–H groups in total. The van der Waals surface area contributed by atoms with Crippen LogP contribution in [-0.2, 0) is 0 Å². The van der Waals surface area contributed by atoms with E-state index in [2.05, 4.69) is 10.4 Å². The summed E-state index contributed by atoms with van der Waals surface area (Å²) in [6, 6.07) is 14.1. The lowest BCUT2D eigenvalue weighted by Gasteiger charge is -2.13. The summed E-state index contributed by atoms with van der Waals surface area (Å²) in [6.07, 6.45) is 0. The molecule has 2 aromatic carbocycles. The van der Waals surface area contributed by atoms with E-state index in [0.717, 1.165) is 10.2 Å². The average Bonchev–Trinajstić information content (AvgIpc) is 2.64. The van der Waals surface area contributed by atoms with E-state index < -0.39 is 17.3 Å². The number of methoxy groups -OCH3 is 1. The van der Waals surface area contributed by atoms with Gasteiger partial charge in [0.2, 0.25) is 0 Å². The predicted octanol–water partition coefficient (Wildman–Crippen LogP) is 2.94. The molecule has 0 fully saturated rings. The molecule has 0 aliphatic rings. The molecule has 3 aromatic rings. The molecule has 132 valence electrons. The number of carbonyl (C=O) groups excluding carboxylic acids is 1. The van der Waals surface area contributed by atoms with Gasteiger partial charge in [0.1, 0.15) is 5.82 Å². The third kappa shape index (κ3) is 3.32. The van der Waals surface area contributed by atoms with Crippen LogP contribution in [0.1, 0.15) is 16.1 Å². The molecule has 0 saturated heterocycles. The fraction of sp³-hybridized carbons (Fsp3) is 0.105. The molecule has 26 heavy (non-hydrogen) atoms. The Bertz CT molecular complexity index is 1030. The third-order valence-electron chi connectivity index (χ3n) is 3.80. The van der Waals surface area contributed by atoms with Gasteiger partial charge in [0.15, 0.2) is 11.4 Å². The zero-order valence-electron chi connectivity index (χ0n) is 14.2. The summed E-state index contributed by atoms with van der Waals surface area (Å²) in [4.78, 5) is 25.0. The molecule has 0 aliphatic heterocycles. The molecule has 0 aliphatic carbocycles. The van der Waals surface area contributed by atoms with Gasteiger partial charge in [-0.15, -0.1) is 0 Å². The number of rotatable bonds is 4. The normalized spacial score (nSPS) is 10.4. The lowest BCUT2D eigenvalue weighted by atomic mass is 10.2. The van der Waals surface area contributed by atoms with Gasteiger partial charge in [-0.3, -0.25) is 9.59 Å². The van der Waals surface area contributed by atoms with E-state index in [0.29, 0.717) is 5.69 Å². The first-order valence-electron chi connectivity index (χ1n) is 7.81. The fourth-order valence-corrected chi connectivity index (χ4v) is 2.47. The highest BCUT2D eigenvalue weighted by atomic mass is 19.1. The Kier molecular flexibility index (Phi) is 4.79. The standard InChI is InChI=1S/C19H16FN3O3/c1-12-7-3-6-10-15(12)23-17(24)11-16(26-2)18(22-23)19(25)21-14-9-5-4-8-13(14)20/h3-11H,1-2H3,(H,21,25). The van der Waals surface area contributed by atoms with E-state index in [4.69, 9.17) is 4.74 Å². The van der Waals surface area contributed by atoms with Crippen molar-refractivity contribution in [3.05, 3.63) is 82.0 Å². The lowest BCUT2D eigenvalue weighted by Crippen LogP contribution is -2.26. The molecule has 7 heteroatoms. The number of aromatic nitrogens is 2. The van der Waals surface area contributed by atoms with Crippen molar-refractivity contribution < 1.29 is 13.9 Å². The van der Waals surface area contributed by atoms with Crippen LogP contribution in [0.25, 0.3) is 5.69 Å². The lowest BCUT2D eigenvalue weighted by molar-refractivity contribution is 0.101. The van der Waals surface area contributed by atoms with E-state index >= 15 is 0 Å². The van der Waals surface area contributed by atoms with Gasteiger partial charge in [0.25, 0.3) is 11.5 Å². The maximum Gasteiger partial charge on any atom is 0.280 e. The zero-order valence-corrected chi connectivity index (χ0v) is 14.2. The molecular formula is C19H16FN3O3. The van der Waals surface area contributed by atoms with Crippen LogP contribution in [0.2, 0.25) is 0 Å². The van der Waals surface area contributed by atoms with Crippen molar-refractivity contribution in [2.24, 2.45) is 0 Å². The van der Waals surface area contributed by atoms with Gasteiger partial charge >= 0.3 is 0 Å². The SMILES string of the molecule is COc1cc(=O)n(-c2ccccc2C)nc1C(=O)Nc1ccccc1F. The summed E-state index contributed by atoms with van der Waals surface area (Å²) in [5.41, 5.74) is 0.792. The van der Waals surface area contributed by atoms with Crippen molar-refractivity contribution in [3.8, 4) is 11.4 Å². The number of hydrogen-bond donors (Lipinski definition) is 1. The molecule has 0 spiro atoms. The number of para-hydroxylation sites is 2. The van der Waals surface area contributed by atoms with Crippen molar-refractivity contribution >= 4 is 11.6 Å². The Balaban J connectivity index is 2.07. The number of ether oxygens (including phenoxy) is 1. The molecular weight excluding hydrogens is 337 g/mol. The van der Waals surface area contributed by atoms with Crippen molar-refractivity contribution in [1.82, 2.24) is 9.78 Å². The van der Waals surface area contributed by atoms with Crippen LogP contribution < -0.4 is 15.6 Å². The first-order valence-corrected chi connectivity index (χ1v) is 7.81. The number of benzene rings is 2. The molecule has 1 amide bonds. The fourth-order valence-electron chi connectivity index (χ4n) is 2.47. The number of nitrogens with one attached hydrogen (secondary N) is 1. The second-order valence-corrected chi connectivity index (χ2v) is 5.53. The van der Waals surface area contributed by atoms with Crippen molar-refractivity contribution in [2.75, 3.05) is 12.4 Å². The van der Waals surface area contributed by atoms with Crippen LogP contribution in [-0.4, -0.2) is 22.8 Å². The van der Waals surface area contributed by atoms with Gasteiger partial charge in [0.05, 0.1) is 24.6 Å². The van der Waals surface area contributed by atoms with Crippen molar-refractivity contribution in [2.45, 2.75) is 6.92 Å². The number of halogens is 1. The van der Waals surface area contributed by atoms with Crippen LogP contribution in [0.4, 0.5) is 10.1 Å². The number of carbonyl (C=O) groups is 1. The minimum Gasteiger partial charge on any atom is -0.494 e. The number of amides is 1. The first kappa shape index (κ1) is 17.3. The van der Waals surface area contributed by atoms with E-state index in [1.54, 1.807) is 18.2 Å². The smallest absolute Gasteiger partial charge is 0.280 e. The highest BCUT2D eigenvalue weighted by Crippen LogP contribution is 2.19. The molecule has 0 radical (unpaired) electrons. The number of aryl methyl sites for hydroxylation is 1. The quantitative estimate of drug-likeness (QED) is 0.783. The molecule has 0 atom stereocenters. The highest BCUT2D eigenvalue weighted by Gasteiger charge is 2.19. The second kappa shape index (κ2) is 7.18. The molecule has 6 nitrogen and oxygen atoms in total. The Hall–Kier alpha value is -3.48. The predicted molar refractivity (Wildman–Crippen MR) is 95.5 cm³/mol. The third-order valence-corrected chi connectivity index (χ3v) is 3.80. The Morgan fingerprint density at radius 1 is 1.15 bits per heavy atom. The molecule has 0 unspecified atom stereocenters. The van der Waals surface area contributed by atoms with Crippen LogP contribution in [0, 0.1) is 12.7 Å². The van der Waals surface area contributed by atoms with Gasteiger partial charge in [-0.2, -0.15) is 9.78 Å². The summed E-state index contributed by atoms with van der Waals surface area (Å²) in [5, 5.41) is 6.59. The summed E-state index contributed by atoms with van der Waals surface area (Å²) in [7, 11) is 1.33. The number of nitrogens with zero attached hydrogens (tertiary/aromatic N) is 2. The minimum atomic E-state index is -0.686. The maximum atomic E-state index is 13.8. The van der Waals surface area contributed by atoms with Gasteiger partial charge in [-0.05, 0) is 30.7 Å². The van der Waals surface area contributed by atoms with Crippen molar-refractivity contribution in [1.29, 1.82) is 0 Å². The minimum absolute atomic E-state index is 0.00803. The van der Waals surface area contributed by atoms with E-state index in [1.807, 2.05) is 19.1 Å². The molecule has 3 rings (SSSR count).